The van der Waals surface area contributed by atoms with Gasteiger partial charge >= 0.3 is 0 Å². The third-order valence-corrected chi connectivity index (χ3v) is 4.76. The summed E-state index contributed by atoms with van der Waals surface area (Å²) in [6, 6.07) is 0. The van der Waals surface area contributed by atoms with E-state index >= 15 is 0 Å². The number of rotatable bonds is 10. The van der Waals surface area contributed by atoms with Gasteiger partial charge in [0.15, 0.2) is 8.32 Å². The van der Waals surface area contributed by atoms with Gasteiger partial charge in [-0.2, -0.15) is 0 Å². The highest BCUT2D eigenvalue weighted by Crippen LogP contribution is 2.20. The van der Waals surface area contributed by atoms with Crippen LogP contribution in [-0.2, 0) is 13.6 Å². The van der Waals surface area contributed by atoms with Crippen LogP contribution in [-0.4, -0.2) is 29.2 Å². The van der Waals surface area contributed by atoms with Crippen LogP contribution in [0.1, 0.15) is 39.0 Å². The van der Waals surface area contributed by atoms with Gasteiger partial charge in [0.1, 0.15) is 0 Å². The number of unbranched alkanes of at least 4 members (excludes halogenated alkanes) is 1. The summed E-state index contributed by atoms with van der Waals surface area (Å²) in [4.78, 5) is 12.2. The highest BCUT2D eigenvalue weighted by molar-refractivity contribution is 6.71. The maximum atomic E-state index is 12.2. The van der Waals surface area contributed by atoms with Crippen LogP contribution in [0, 0.1) is 5.92 Å². The molecule has 0 N–H and O–H groups in total. The largest absolute Gasteiger partial charge is 0.520 e. The average Bonchev–Trinajstić information content (AvgIpc) is 2.24. The molecule has 0 aromatic carbocycles. The minimum atomic E-state index is -1.77. The van der Waals surface area contributed by atoms with Crippen LogP contribution in [0.3, 0.4) is 0 Å². The van der Waals surface area contributed by atoms with Crippen molar-refractivity contribution in [2.75, 3.05) is 6.61 Å². The molecule has 0 fully saturated rings. The van der Waals surface area contributed by atoms with Gasteiger partial charge in [0, 0.05) is 6.61 Å². The standard InChI is InChI=1S/C15H34O3Si2/c1-8-9-11-14(15(16)18-20(5,6)7)12-10-13-17-19(2,3)4/h14H,8-13H2,1-7H3. The summed E-state index contributed by atoms with van der Waals surface area (Å²) in [6.45, 7) is 15.7. The number of carbonyl (C=O) groups is 1. The first kappa shape index (κ1) is 19.9. The molecule has 0 saturated heterocycles. The van der Waals surface area contributed by atoms with Crippen molar-refractivity contribution in [3.05, 3.63) is 0 Å². The van der Waals surface area contributed by atoms with E-state index in [-0.39, 0.29) is 11.9 Å². The third-order valence-electron chi connectivity index (χ3n) is 2.88. The summed E-state index contributed by atoms with van der Waals surface area (Å²) in [5.41, 5.74) is 0. The molecule has 0 radical (unpaired) electrons. The normalized spacial score (nSPS) is 14.2. The van der Waals surface area contributed by atoms with Crippen LogP contribution in [0.5, 0.6) is 0 Å². The van der Waals surface area contributed by atoms with Crippen molar-refractivity contribution < 1.29 is 13.6 Å². The Bertz CT molecular complexity index is 280. The van der Waals surface area contributed by atoms with Gasteiger partial charge in [0.25, 0.3) is 5.97 Å². The van der Waals surface area contributed by atoms with Gasteiger partial charge in [0.05, 0.1) is 5.92 Å². The minimum Gasteiger partial charge on any atom is -0.520 e. The van der Waals surface area contributed by atoms with Crippen molar-refractivity contribution in [1.82, 2.24) is 0 Å². The summed E-state index contributed by atoms with van der Waals surface area (Å²) in [5, 5.41) is 0. The average molecular weight is 319 g/mol. The third kappa shape index (κ3) is 11.7. The molecule has 5 heteroatoms. The fourth-order valence-electron chi connectivity index (χ4n) is 1.92. The maximum absolute atomic E-state index is 12.2. The lowest BCUT2D eigenvalue weighted by Crippen LogP contribution is -2.33. The first-order valence-electron chi connectivity index (χ1n) is 7.92. The molecule has 0 aliphatic heterocycles. The highest BCUT2D eigenvalue weighted by atomic mass is 28.4. The lowest BCUT2D eigenvalue weighted by Gasteiger charge is -2.23. The van der Waals surface area contributed by atoms with Gasteiger partial charge < -0.3 is 8.85 Å². The molecule has 0 aromatic heterocycles. The first-order chi connectivity index (χ1) is 9.05. The second-order valence-corrected chi connectivity index (χ2v) is 16.4. The predicted octanol–water partition coefficient (Wildman–Crippen LogP) is 4.80. The lowest BCUT2D eigenvalue weighted by molar-refractivity contribution is -0.140. The van der Waals surface area contributed by atoms with E-state index in [1.165, 1.54) is 0 Å². The van der Waals surface area contributed by atoms with Crippen molar-refractivity contribution in [1.29, 1.82) is 0 Å². The first-order valence-corrected chi connectivity index (χ1v) is 14.7. The van der Waals surface area contributed by atoms with E-state index in [0.29, 0.717) is 0 Å². The summed E-state index contributed by atoms with van der Waals surface area (Å²) >= 11 is 0. The molecule has 0 aliphatic carbocycles. The van der Waals surface area contributed by atoms with E-state index in [0.717, 1.165) is 38.7 Å². The van der Waals surface area contributed by atoms with Crippen LogP contribution in [0.15, 0.2) is 0 Å². The van der Waals surface area contributed by atoms with E-state index in [2.05, 4.69) is 46.2 Å². The number of hydrogen-bond acceptors (Lipinski definition) is 3. The van der Waals surface area contributed by atoms with Crippen molar-refractivity contribution in [2.24, 2.45) is 5.92 Å². The van der Waals surface area contributed by atoms with E-state index in [1.807, 2.05) is 0 Å². The van der Waals surface area contributed by atoms with Gasteiger partial charge in [-0.05, 0) is 58.5 Å². The molecule has 20 heavy (non-hydrogen) atoms. The second-order valence-electron chi connectivity index (χ2n) is 7.48. The molecule has 0 spiro atoms. The molecule has 0 aromatic rings. The van der Waals surface area contributed by atoms with Gasteiger partial charge in [0.2, 0.25) is 8.32 Å². The molecular weight excluding hydrogens is 284 g/mol. The van der Waals surface area contributed by atoms with Crippen molar-refractivity contribution in [2.45, 2.75) is 78.3 Å². The predicted molar refractivity (Wildman–Crippen MR) is 91.0 cm³/mol. The molecular formula is C15H34O3Si2. The molecule has 0 saturated carbocycles. The van der Waals surface area contributed by atoms with Gasteiger partial charge in [-0.15, -0.1) is 0 Å². The fraction of sp³-hybridized carbons (Fsp3) is 0.933. The van der Waals surface area contributed by atoms with E-state index in [4.69, 9.17) is 8.85 Å². The zero-order valence-electron chi connectivity index (χ0n) is 14.5. The fourth-order valence-corrected chi connectivity index (χ4v) is 3.45. The van der Waals surface area contributed by atoms with Crippen molar-refractivity contribution in [3.63, 3.8) is 0 Å². The van der Waals surface area contributed by atoms with Gasteiger partial charge in [-0.1, -0.05) is 19.8 Å². The van der Waals surface area contributed by atoms with Crippen molar-refractivity contribution >= 4 is 22.6 Å². The number of hydrogen-bond donors (Lipinski definition) is 0. The smallest absolute Gasteiger partial charge is 0.295 e. The summed E-state index contributed by atoms with van der Waals surface area (Å²) in [5.74, 6) is 0.0810. The number of carbonyl (C=O) groups excluding carboxylic acids is 1. The van der Waals surface area contributed by atoms with E-state index < -0.39 is 16.6 Å². The molecule has 0 rings (SSSR count). The van der Waals surface area contributed by atoms with Crippen LogP contribution >= 0.6 is 0 Å². The Morgan fingerprint density at radius 1 is 0.950 bits per heavy atom. The van der Waals surface area contributed by atoms with Crippen LogP contribution in [0.2, 0.25) is 39.3 Å². The molecule has 0 bridgehead atoms. The Morgan fingerprint density at radius 3 is 1.95 bits per heavy atom. The SMILES string of the molecule is CCCCC(CCCO[Si](C)(C)C)C(=O)O[Si](C)(C)C. The topological polar surface area (TPSA) is 35.5 Å². The Kier molecular flexibility index (Phi) is 8.94. The Balaban J connectivity index is 4.24. The second kappa shape index (κ2) is 9.00. The Labute approximate surface area is 127 Å². The van der Waals surface area contributed by atoms with Crippen molar-refractivity contribution in [3.8, 4) is 0 Å². The minimum absolute atomic E-state index is 0.0191. The van der Waals surface area contributed by atoms with Crippen LogP contribution < -0.4 is 0 Å². The Hall–Kier alpha value is -0.136. The Morgan fingerprint density at radius 2 is 1.50 bits per heavy atom. The zero-order valence-corrected chi connectivity index (χ0v) is 16.5. The molecule has 1 atom stereocenters. The lowest BCUT2D eigenvalue weighted by atomic mass is 9.97. The zero-order chi connectivity index (χ0) is 15.8. The summed E-state index contributed by atoms with van der Waals surface area (Å²) < 4.78 is 11.5. The van der Waals surface area contributed by atoms with Crippen LogP contribution in [0.4, 0.5) is 0 Å². The molecule has 3 nitrogen and oxygen atoms in total. The van der Waals surface area contributed by atoms with Crippen LogP contribution in [0.25, 0.3) is 0 Å². The molecule has 1 unspecified atom stereocenters. The van der Waals surface area contributed by atoms with Gasteiger partial charge in [-0.3, -0.25) is 4.79 Å². The monoisotopic (exact) mass is 318 g/mol. The highest BCUT2D eigenvalue weighted by Gasteiger charge is 2.26. The quantitative estimate of drug-likeness (QED) is 0.428. The van der Waals surface area contributed by atoms with Gasteiger partial charge in [-0.25, -0.2) is 0 Å². The summed E-state index contributed by atoms with van der Waals surface area (Å²) in [7, 11) is -3.20. The molecule has 0 amide bonds. The van der Waals surface area contributed by atoms with E-state index in [9.17, 15) is 4.79 Å². The molecule has 120 valence electrons. The molecule has 0 heterocycles. The summed E-state index contributed by atoms with van der Waals surface area (Å²) in [6.07, 6.45) is 5.03. The maximum Gasteiger partial charge on any atom is 0.295 e. The van der Waals surface area contributed by atoms with E-state index in [1.54, 1.807) is 0 Å². The molecule has 0 aliphatic rings.